The predicted octanol–water partition coefficient (Wildman–Crippen LogP) is 9.06. The Bertz CT molecular complexity index is 1070. The Labute approximate surface area is 229 Å². The highest BCUT2D eigenvalue weighted by Gasteiger charge is 2.15. The second-order valence-electron chi connectivity index (χ2n) is 9.91. The number of ether oxygens (including phenoxy) is 3. The molecule has 0 heterocycles. The molecule has 0 aromatic heterocycles. The van der Waals surface area contributed by atoms with Gasteiger partial charge in [0.15, 0.2) is 0 Å². The monoisotopic (exact) mass is 516 g/mol. The molecule has 0 unspecified atom stereocenters. The van der Waals surface area contributed by atoms with Crippen molar-refractivity contribution in [2.75, 3.05) is 13.2 Å². The van der Waals surface area contributed by atoms with E-state index in [-0.39, 0.29) is 5.97 Å². The van der Waals surface area contributed by atoms with Crippen LogP contribution in [0.1, 0.15) is 88.1 Å². The van der Waals surface area contributed by atoms with Crippen molar-refractivity contribution in [3.63, 3.8) is 0 Å². The minimum absolute atomic E-state index is 0.306. The summed E-state index contributed by atoms with van der Waals surface area (Å²) in [5, 5.41) is 0. The van der Waals surface area contributed by atoms with E-state index in [0.717, 1.165) is 55.8 Å². The first-order valence-electron chi connectivity index (χ1n) is 14.4. The fourth-order valence-corrected chi connectivity index (χ4v) is 4.28. The molecule has 0 bridgehead atoms. The number of esters is 1. The first-order valence-corrected chi connectivity index (χ1v) is 14.4. The van der Waals surface area contributed by atoms with Gasteiger partial charge in [-0.05, 0) is 79.6 Å². The summed E-state index contributed by atoms with van der Waals surface area (Å²) in [6.45, 7) is 7.96. The molecule has 3 aromatic rings. The van der Waals surface area contributed by atoms with Crippen molar-refractivity contribution in [3.8, 4) is 22.6 Å². The molecule has 0 fully saturated rings. The number of unbranched alkanes of at least 4 members (excludes halogenated alkanes) is 5. The minimum atomic E-state index is -0.362. The third kappa shape index (κ3) is 9.98. The van der Waals surface area contributed by atoms with Crippen molar-refractivity contribution in [3.05, 3.63) is 83.9 Å². The van der Waals surface area contributed by atoms with E-state index in [1.54, 1.807) is 0 Å². The van der Waals surface area contributed by atoms with Crippen LogP contribution in [0.4, 0.5) is 0 Å². The third-order valence-corrected chi connectivity index (χ3v) is 6.80. The van der Waals surface area contributed by atoms with E-state index in [9.17, 15) is 4.79 Å². The lowest BCUT2D eigenvalue weighted by Gasteiger charge is -2.12. The molecule has 0 N–H and O–H groups in total. The van der Waals surface area contributed by atoms with Gasteiger partial charge in [-0.3, -0.25) is 0 Å². The number of hydrogen-bond donors (Lipinski definition) is 0. The number of hydrogen-bond acceptors (Lipinski definition) is 4. The van der Waals surface area contributed by atoms with Gasteiger partial charge in [0.05, 0.1) is 18.3 Å². The lowest BCUT2D eigenvalue weighted by Crippen LogP contribution is -2.10. The number of carbonyl (C=O) groups is 1. The predicted molar refractivity (Wildman–Crippen MR) is 156 cm³/mol. The van der Waals surface area contributed by atoms with E-state index in [0.29, 0.717) is 17.4 Å². The van der Waals surface area contributed by atoms with E-state index < -0.39 is 0 Å². The molecule has 1 atom stereocenters. The van der Waals surface area contributed by atoms with E-state index in [1.807, 2.05) is 72.8 Å². The molecule has 4 nitrogen and oxygen atoms in total. The Balaban J connectivity index is 1.52. The molecule has 4 heteroatoms. The van der Waals surface area contributed by atoms with Gasteiger partial charge in [0, 0.05) is 6.61 Å². The number of aryl methyl sites for hydroxylation is 1. The Morgan fingerprint density at radius 3 is 2.16 bits per heavy atom. The number of rotatable bonds is 17. The van der Waals surface area contributed by atoms with E-state index in [4.69, 9.17) is 14.2 Å². The van der Waals surface area contributed by atoms with Crippen LogP contribution in [0.25, 0.3) is 11.1 Å². The molecule has 204 valence electrons. The van der Waals surface area contributed by atoms with Crippen molar-refractivity contribution in [2.45, 2.75) is 84.7 Å². The Kier molecular flexibility index (Phi) is 12.9. The molecule has 38 heavy (non-hydrogen) atoms. The molecule has 0 amide bonds. The molecule has 0 aliphatic heterocycles. The molecular formula is C34H44O4. The molecule has 0 radical (unpaired) electrons. The normalized spacial score (nSPS) is 11.8. The van der Waals surface area contributed by atoms with Crippen molar-refractivity contribution >= 4 is 5.97 Å². The number of carbonyl (C=O) groups excluding carboxylic acids is 1. The maximum absolute atomic E-state index is 13.1. The summed E-state index contributed by atoms with van der Waals surface area (Å²) in [5.41, 5.74) is 3.55. The standard InChI is InChI=1S/C34H44O4/c1-4-6-7-8-9-12-25-37-30-23-19-29(20-24-30)32-15-10-11-16-33(32)34(35)38-31-21-17-28(18-22-31)14-13-26-36-27(3)5-2/h10-11,15-24,27H,4-9,12-14,25-26H2,1-3H3/t27-/m0/s1. The van der Waals surface area contributed by atoms with Gasteiger partial charge in [-0.15, -0.1) is 0 Å². The van der Waals surface area contributed by atoms with Crippen LogP contribution in [0, 0.1) is 0 Å². The molecule has 0 spiro atoms. The highest BCUT2D eigenvalue weighted by atomic mass is 16.5. The lowest BCUT2D eigenvalue weighted by atomic mass is 9.99. The fraction of sp³-hybridized carbons (Fsp3) is 0.441. The van der Waals surface area contributed by atoms with Crippen LogP contribution in [0.5, 0.6) is 11.5 Å². The second-order valence-corrected chi connectivity index (χ2v) is 9.91. The van der Waals surface area contributed by atoms with Crippen LogP contribution in [0.15, 0.2) is 72.8 Å². The smallest absolute Gasteiger partial charge is 0.344 e. The van der Waals surface area contributed by atoms with Gasteiger partial charge < -0.3 is 14.2 Å². The van der Waals surface area contributed by atoms with Crippen molar-refractivity contribution in [1.29, 1.82) is 0 Å². The maximum Gasteiger partial charge on any atom is 0.344 e. The second kappa shape index (κ2) is 16.7. The summed E-state index contributed by atoms with van der Waals surface area (Å²) in [4.78, 5) is 13.1. The Hall–Kier alpha value is -3.11. The van der Waals surface area contributed by atoms with Gasteiger partial charge in [-0.25, -0.2) is 4.79 Å². The lowest BCUT2D eigenvalue weighted by molar-refractivity contribution is 0.0621. The zero-order valence-electron chi connectivity index (χ0n) is 23.4. The van der Waals surface area contributed by atoms with E-state index >= 15 is 0 Å². The summed E-state index contributed by atoms with van der Waals surface area (Å²) < 4.78 is 17.4. The summed E-state index contributed by atoms with van der Waals surface area (Å²) in [6.07, 6.45) is 10.7. The summed E-state index contributed by atoms with van der Waals surface area (Å²) in [6, 6.07) is 23.3. The summed E-state index contributed by atoms with van der Waals surface area (Å²) in [5.74, 6) is 1.04. The Morgan fingerprint density at radius 1 is 0.737 bits per heavy atom. The van der Waals surface area contributed by atoms with Crippen LogP contribution in [0.2, 0.25) is 0 Å². The Morgan fingerprint density at radius 2 is 1.42 bits per heavy atom. The average molecular weight is 517 g/mol. The summed E-state index contributed by atoms with van der Waals surface area (Å²) in [7, 11) is 0. The first-order chi connectivity index (χ1) is 18.6. The van der Waals surface area contributed by atoms with Gasteiger partial charge in [0.2, 0.25) is 0 Å². The average Bonchev–Trinajstić information content (AvgIpc) is 2.96. The van der Waals surface area contributed by atoms with E-state index in [1.165, 1.54) is 37.7 Å². The van der Waals surface area contributed by atoms with Crippen LogP contribution < -0.4 is 9.47 Å². The maximum atomic E-state index is 13.1. The largest absolute Gasteiger partial charge is 0.494 e. The molecule has 0 saturated heterocycles. The molecule has 3 rings (SSSR count). The molecular weight excluding hydrogens is 472 g/mol. The third-order valence-electron chi connectivity index (χ3n) is 6.80. The minimum Gasteiger partial charge on any atom is -0.494 e. The van der Waals surface area contributed by atoms with Crippen molar-refractivity contribution in [1.82, 2.24) is 0 Å². The highest BCUT2D eigenvalue weighted by Crippen LogP contribution is 2.27. The SMILES string of the molecule is CCCCCCCCOc1ccc(-c2ccccc2C(=O)Oc2ccc(CCCO[C@@H](C)CC)cc2)cc1. The van der Waals surface area contributed by atoms with Crippen molar-refractivity contribution in [2.24, 2.45) is 0 Å². The molecule has 0 saturated carbocycles. The molecule has 3 aromatic carbocycles. The first kappa shape index (κ1) is 29.4. The van der Waals surface area contributed by atoms with Crippen LogP contribution in [0.3, 0.4) is 0 Å². The van der Waals surface area contributed by atoms with Gasteiger partial charge in [-0.2, -0.15) is 0 Å². The van der Waals surface area contributed by atoms with Crippen LogP contribution >= 0.6 is 0 Å². The van der Waals surface area contributed by atoms with Crippen LogP contribution in [-0.2, 0) is 11.2 Å². The highest BCUT2D eigenvalue weighted by molar-refractivity contribution is 5.98. The zero-order valence-corrected chi connectivity index (χ0v) is 23.4. The molecule has 0 aliphatic carbocycles. The number of benzene rings is 3. The van der Waals surface area contributed by atoms with Crippen LogP contribution in [-0.4, -0.2) is 25.3 Å². The van der Waals surface area contributed by atoms with Gasteiger partial charge in [-0.1, -0.05) is 88.4 Å². The topological polar surface area (TPSA) is 44.8 Å². The van der Waals surface area contributed by atoms with Gasteiger partial charge in [0.25, 0.3) is 0 Å². The van der Waals surface area contributed by atoms with Crippen molar-refractivity contribution < 1.29 is 19.0 Å². The van der Waals surface area contributed by atoms with Gasteiger partial charge in [0.1, 0.15) is 11.5 Å². The summed E-state index contributed by atoms with van der Waals surface area (Å²) >= 11 is 0. The molecule has 0 aliphatic rings. The van der Waals surface area contributed by atoms with E-state index in [2.05, 4.69) is 20.8 Å². The fourth-order valence-electron chi connectivity index (χ4n) is 4.28. The van der Waals surface area contributed by atoms with Gasteiger partial charge >= 0.3 is 5.97 Å². The quantitative estimate of drug-likeness (QED) is 0.102. The zero-order chi connectivity index (χ0) is 27.0.